The number of carbonyl (C=O) groups excluding carboxylic acids is 1. The molecule has 0 atom stereocenters. The molecular formula is C19H28N2O. The zero-order valence-electron chi connectivity index (χ0n) is 13.6. The van der Waals surface area contributed by atoms with E-state index in [1.54, 1.807) is 0 Å². The Labute approximate surface area is 134 Å². The van der Waals surface area contributed by atoms with Gasteiger partial charge in [-0.3, -0.25) is 4.79 Å². The highest BCUT2D eigenvalue weighted by Crippen LogP contribution is 2.17. The summed E-state index contributed by atoms with van der Waals surface area (Å²) < 4.78 is 0. The molecular weight excluding hydrogens is 272 g/mol. The second kappa shape index (κ2) is 9.42. The lowest BCUT2D eigenvalue weighted by molar-refractivity contribution is -0.121. The van der Waals surface area contributed by atoms with E-state index in [9.17, 15) is 4.79 Å². The second-order valence-electron chi connectivity index (χ2n) is 6.23. The lowest BCUT2D eigenvalue weighted by atomic mass is 9.95. The zero-order chi connectivity index (χ0) is 15.6. The molecule has 1 aliphatic carbocycles. The van der Waals surface area contributed by atoms with E-state index in [0.29, 0.717) is 12.5 Å². The first kappa shape index (κ1) is 16.8. The number of benzene rings is 1. The van der Waals surface area contributed by atoms with Crippen molar-refractivity contribution in [1.82, 2.24) is 10.6 Å². The third-order valence-electron chi connectivity index (χ3n) is 4.12. The van der Waals surface area contributed by atoms with Gasteiger partial charge in [-0.2, -0.15) is 0 Å². The van der Waals surface area contributed by atoms with Crippen molar-refractivity contribution < 1.29 is 4.79 Å². The predicted octanol–water partition coefficient (Wildman–Crippen LogP) is 3.52. The summed E-state index contributed by atoms with van der Waals surface area (Å²) in [4.78, 5) is 11.9. The Morgan fingerprint density at radius 2 is 1.91 bits per heavy atom. The molecule has 2 rings (SSSR count). The minimum absolute atomic E-state index is 0.184. The van der Waals surface area contributed by atoms with Crippen LogP contribution in [0, 0.1) is 0 Å². The summed E-state index contributed by atoms with van der Waals surface area (Å²) in [6.07, 6.45) is 8.88. The van der Waals surface area contributed by atoms with E-state index in [0.717, 1.165) is 25.9 Å². The summed E-state index contributed by atoms with van der Waals surface area (Å²) in [5, 5.41) is 6.50. The minimum atomic E-state index is 0.184. The van der Waals surface area contributed by atoms with Crippen LogP contribution in [0.4, 0.5) is 0 Å². The molecule has 0 radical (unpaired) electrons. The van der Waals surface area contributed by atoms with E-state index in [-0.39, 0.29) is 5.91 Å². The van der Waals surface area contributed by atoms with Crippen LogP contribution in [0.15, 0.2) is 35.9 Å². The number of hydrogen-bond donors (Lipinski definition) is 2. The molecule has 3 nitrogen and oxygen atoms in total. The Hall–Kier alpha value is -1.61. The highest BCUT2D eigenvalue weighted by molar-refractivity contribution is 5.76. The number of hydrogen-bond acceptors (Lipinski definition) is 2. The van der Waals surface area contributed by atoms with Crippen molar-refractivity contribution in [2.75, 3.05) is 13.1 Å². The van der Waals surface area contributed by atoms with E-state index in [2.05, 4.69) is 35.8 Å². The van der Waals surface area contributed by atoms with Crippen LogP contribution in [0.25, 0.3) is 6.08 Å². The molecule has 22 heavy (non-hydrogen) atoms. The van der Waals surface area contributed by atoms with Crippen molar-refractivity contribution in [1.29, 1.82) is 0 Å². The average molecular weight is 300 g/mol. The lowest BCUT2D eigenvalue weighted by Crippen LogP contribution is -2.37. The monoisotopic (exact) mass is 300 g/mol. The molecule has 0 unspecified atom stereocenters. The fraction of sp³-hybridized carbons (Fsp3) is 0.526. The molecule has 0 spiro atoms. The first-order valence-electron chi connectivity index (χ1n) is 8.46. The third-order valence-corrected chi connectivity index (χ3v) is 4.12. The van der Waals surface area contributed by atoms with Gasteiger partial charge >= 0.3 is 0 Å². The molecule has 1 aromatic carbocycles. The van der Waals surface area contributed by atoms with Crippen LogP contribution in [0.5, 0.6) is 0 Å². The van der Waals surface area contributed by atoms with Crippen LogP contribution in [-0.2, 0) is 4.79 Å². The highest BCUT2D eigenvalue weighted by atomic mass is 16.1. The maximum Gasteiger partial charge on any atom is 0.221 e. The van der Waals surface area contributed by atoms with Crippen LogP contribution in [0.2, 0.25) is 0 Å². The fourth-order valence-electron chi connectivity index (χ4n) is 2.92. The quantitative estimate of drug-likeness (QED) is 0.757. The van der Waals surface area contributed by atoms with E-state index in [1.807, 2.05) is 18.2 Å². The third kappa shape index (κ3) is 6.44. The largest absolute Gasteiger partial charge is 0.353 e. The molecule has 120 valence electrons. The van der Waals surface area contributed by atoms with Gasteiger partial charge < -0.3 is 10.6 Å². The van der Waals surface area contributed by atoms with Crippen molar-refractivity contribution in [2.45, 2.75) is 51.5 Å². The Morgan fingerprint density at radius 3 is 2.64 bits per heavy atom. The summed E-state index contributed by atoms with van der Waals surface area (Å²) in [5.41, 5.74) is 2.50. The molecule has 0 heterocycles. The van der Waals surface area contributed by atoms with Crippen LogP contribution in [-0.4, -0.2) is 25.0 Å². The number of rotatable bonds is 7. The molecule has 0 saturated heterocycles. The Balaban J connectivity index is 1.60. The van der Waals surface area contributed by atoms with Gasteiger partial charge in [0.1, 0.15) is 0 Å². The van der Waals surface area contributed by atoms with Crippen molar-refractivity contribution in [3.05, 3.63) is 41.5 Å². The molecule has 1 aliphatic rings. The molecule has 0 aliphatic heterocycles. The first-order chi connectivity index (χ1) is 10.7. The molecule has 2 N–H and O–H groups in total. The van der Waals surface area contributed by atoms with E-state index in [1.165, 1.54) is 30.4 Å². The smallest absolute Gasteiger partial charge is 0.221 e. The lowest BCUT2D eigenvalue weighted by Gasteiger charge is -2.22. The SMILES string of the molecule is C/C(=C/c1ccccc1)CNCCC(=O)NC1CCCCC1. The highest BCUT2D eigenvalue weighted by Gasteiger charge is 2.14. The Kier molecular flexibility index (Phi) is 7.17. The molecule has 1 fully saturated rings. The summed E-state index contributed by atoms with van der Waals surface area (Å²) in [6.45, 7) is 3.67. The summed E-state index contributed by atoms with van der Waals surface area (Å²) in [7, 11) is 0. The summed E-state index contributed by atoms with van der Waals surface area (Å²) >= 11 is 0. The molecule has 1 amide bonds. The predicted molar refractivity (Wildman–Crippen MR) is 92.6 cm³/mol. The Bertz CT molecular complexity index is 475. The minimum Gasteiger partial charge on any atom is -0.353 e. The van der Waals surface area contributed by atoms with E-state index < -0.39 is 0 Å². The van der Waals surface area contributed by atoms with Crippen molar-refractivity contribution in [2.24, 2.45) is 0 Å². The number of amides is 1. The van der Waals surface area contributed by atoms with Gasteiger partial charge in [0.05, 0.1) is 0 Å². The van der Waals surface area contributed by atoms with E-state index >= 15 is 0 Å². The van der Waals surface area contributed by atoms with Gasteiger partial charge in [0.2, 0.25) is 5.91 Å². The van der Waals surface area contributed by atoms with Crippen LogP contribution >= 0.6 is 0 Å². The van der Waals surface area contributed by atoms with Gasteiger partial charge in [-0.05, 0) is 25.3 Å². The molecule has 0 aromatic heterocycles. The molecule has 3 heteroatoms. The Morgan fingerprint density at radius 1 is 1.18 bits per heavy atom. The van der Waals surface area contributed by atoms with Crippen LogP contribution < -0.4 is 10.6 Å². The van der Waals surface area contributed by atoms with Gasteiger partial charge in [-0.1, -0.05) is 61.2 Å². The van der Waals surface area contributed by atoms with Crippen molar-refractivity contribution >= 4 is 12.0 Å². The van der Waals surface area contributed by atoms with Crippen LogP contribution in [0.1, 0.15) is 51.0 Å². The fourth-order valence-corrected chi connectivity index (χ4v) is 2.92. The maximum absolute atomic E-state index is 11.9. The van der Waals surface area contributed by atoms with Gasteiger partial charge in [0, 0.05) is 25.6 Å². The van der Waals surface area contributed by atoms with Gasteiger partial charge in [0.25, 0.3) is 0 Å². The van der Waals surface area contributed by atoms with Crippen molar-refractivity contribution in [3.8, 4) is 0 Å². The average Bonchev–Trinajstić information content (AvgIpc) is 2.53. The normalized spacial score (nSPS) is 16.5. The number of nitrogens with one attached hydrogen (secondary N) is 2. The standard InChI is InChI=1S/C19H28N2O/c1-16(14-17-8-4-2-5-9-17)15-20-13-12-19(22)21-18-10-6-3-7-11-18/h2,4-5,8-9,14,18,20H,3,6-7,10-13,15H2,1H3,(H,21,22)/b16-14-. The number of carbonyl (C=O) groups is 1. The van der Waals surface area contributed by atoms with E-state index in [4.69, 9.17) is 0 Å². The molecule has 0 bridgehead atoms. The maximum atomic E-state index is 11.9. The molecule has 1 aromatic rings. The van der Waals surface area contributed by atoms with Gasteiger partial charge in [-0.25, -0.2) is 0 Å². The first-order valence-corrected chi connectivity index (χ1v) is 8.46. The molecule has 1 saturated carbocycles. The van der Waals surface area contributed by atoms with Crippen LogP contribution in [0.3, 0.4) is 0 Å². The zero-order valence-corrected chi connectivity index (χ0v) is 13.6. The summed E-state index contributed by atoms with van der Waals surface area (Å²) in [5.74, 6) is 0.184. The van der Waals surface area contributed by atoms with Crippen molar-refractivity contribution in [3.63, 3.8) is 0 Å². The van der Waals surface area contributed by atoms with Gasteiger partial charge in [-0.15, -0.1) is 0 Å². The van der Waals surface area contributed by atoms with Gasteiger partial charge in [0.15, 0.2) is 0 Å². The summed E-state index contributed by atoms with van der Waals surface area (Å²) in [6, 6.07) is 10.7. The second-order valence-corrected chi connectivity index (χ2v) is 6.23. The topological polar surface area (TPSA) is 41.1 Å².